The third-order valence-electron chi connectivity index (χ3n) is 12.6. The topological polar surface area (TPSA) is 81.4 Å². The third-order valence-corrected chi connectivity index (χ3v) is 16.4. The Morgan fingerprint density at radius 3 is 1.96 bits per heavy atom. The van der Waals surface area contributed by atoms with E-state index in [1.165, 1.54) is 5.39 Å². The zero-order valence-electron chi connectivity index (χ0n) is 30.9. The first-order valence-corrected chi connectivity index (χ1v) is 22.0. The average molecular weight is 777 g/mol. The molecule has 3 heterocycles. The molecule has 0 saturated heterocycles. The van der Waals surface area contributed by atoms with E-state index in [1.54, 1.807) is 30.3 Å². The van der Waals surface area contributed by atoms with Gasteiger partial charge < -0.3 is 4.42 Å². The van der Waals surface area contributed by atoms with Crippen LogP contribution < -0.4 is 0 Å². The van der Waals surface area contributed by atoms with E-state index >= 15 is 0 Å². The summed E-state index contributed by atoms with van der Waals surface area (Å²) in [6.07, 6.45) is 0.545. The van der Waals surface area contributed by atoms with Crippen LogP contribution in [0.3, 0.4) is 0 Å². The van der Waals surface area contributed by atoms with Crippen molar-refractivity contribution in [2.45, 2.75) is 45.3 Å². The molecule has 2 aliphatic heterocycles. The lowest BCUT2D eigenvalue weighted by atomic mass is 9.77. The van der Waals surface area contributed by atoms with Crippen molar-refractivity contribution in [3.05, 3.63) is 168 Å². The van der Waals surface area contributed by atoms with Crippen LogP contribution in [0.2, 0.25) is 0 Å². The monoisotopic (exact) mass is 776 g/mol. The number of fused-ring (bicyclic) bond motifs is 10. The number of benzene rings is 8. The highest BCUT2D eigenvalue weighted by molar-refractivity contribution is 7.92. The maximum Gasteiger partial charge on any atom is 0.207 e. The molecule has 0 fully saturated rings. The molecule has 8 aromatic carbocycles. The van der Waals surface area contributed by atoms with Crippen molar-refractivity contribution in [3.63, 3.8) is 0 Å². The highest BCUT2D eigenvalue weighted by Crippen LogP contribution is 2.56. The number of hydrogen-bond acceptors (Lipinski definition) is 5. The Kier molecular flexibility index (Phi) is 6.33. The number of furan rings is 1. The van der Waals surface area contributed by atoms with Crippen LogP contribution in [0.15, 0.2) is 170 Å². The molecule has 1 aromatic heterocycles. The average Bonchev–Trinajstić information content (AvgIpc) is 3.75. The molecule has 3 aliphatic rings. The van der Waals surface area contributed by atoms with Crippen LogP contribution >= 0.6 is 0 Å². The van der Waals surface area contributed by atoms with Gasteiger partial charge in [0.2, 0.25) is 19.7 Å². The van der Waals surface area contributed by atoms with E-state index in [2.05, 4.69) is 62.4 Å². The SMILES string of the molecule is CC1(C)c2ccccc2S(=O)(=O)c2cc(-c3ccc4c(c3)oc3cc5c(c(-c6ccc7c(c6)S(=O)(=O)c6ccccc6C7)c34)-c3cccc4cccc-5c34)ccc21. The molecule has 12 rings (SSSR count). The van der Waals surface area contributed by atoms with Crippen molar-refractivity contribution in [1.29, 1.82) is 0 Å². The van der Waals surface area contributed by atoms with Crippen LogP contribution in [0.5, 0.6) is 0 Å². The maximum absolute atomic E-state index is 14.2. The van der Waals surface area contributed by atoms with Crippen molar-refractivity contribution in [2.24, 2.45) is 0 Å². The van der Waals surface area contributed by atoms with Crippen LogP contribution in [0, 0.1) is 0 Å². The lowest BCUT2D eigenvalue weighted by Gasteiger charge is -2.34. The van der Waals surface area contributed by atoms with Crippen molar-refractivity contribution < 1.29 is 21.3 Å². The van der Waals surface area contributed by atoms with E-state index in [0.29, 0.717) is 37.2 Å². The van der Waals surface area contributed by atoms with E-state index in [9.17, 15) is 16.8 Å². The van der Waals surface area contributed by atoms with Gasteiger partial charge in [0, 0.05) is 28.2 Å². The third kappa shape index (κ3) is 4.28. The fourth-order valence-corrected chi connectivity index (χ4v) is 13.7. The second-order valence-corrected chi connectivity index (χ2v) is 19.8. The Bertz CT molecular complexity index is 3550. The Hall–Kier alpha value is -6.28. The van der Waals surface area contributed by atoms with E-state index in [-0.39, 0.29) is 0 Å². The molecule has 0 amide bonds. The molecule has 9 aromatic rings. The van der Waals surface area contributed by atoms with Gasteiger partial charge in [0.15, 0.2) is 0 Å². The van der Waals surface area contributed by atoms with E-state index in [4.69, 9.17) is 4.42 Å². The van der Waals surface area contributed by atoms with Gasteiger partial charge in [0.25, 0.3) is 0 Å². The fourth-order valence-electron chi connectivity index (χ4n) is 9.94. The summed E-state index contributed by atoms with van der Waals surface area (Å²) >= 11 is 0. The van der Waals surface area contributed by atoms with Crippen LogP contribution in [0.25, 0.3) is 77.2 Å². The van der Waals surface area contributed by atoms with Crippen molar-refractivity contribution in [2.75, 3.05) is 0 Å². The second-order valence-electron chi connectivity index (χ2n) is 16.0. The zero-order valence-corrected chi connectivity index (χ0v) is 32.6. The predicted molar refractivity (Wildman–Crippen MR) is 225 cm³/mol. The number of hydrogen-bond donors (Lipinski definition) is 0. The number of sulfone groups is 2. The molecular weight excluding hydrogens is 745 g/mol. The van der Waals surface area contributed by atoms with E-state index in [0.717, 1.165) is 82.9 Å². The minimum atomic E-state index is -3.76. The normalized spacial score (nSPS) is 16.2. The summed E-state index contributed by atoms with van der Waals surface area (Å²) in [7, 11) is -7.51. The molecular formula is C50H32O5S2. The fraction of sp³-hybridized carbons (Fsp3) is 0.0800. The van der Waals surface area contributed by atoms with Gasteiger partial charge in [-0.3, -0.25) is 0 Å². The summed E-state index contributed by atoms with van der Waals surface area (Å²) in [5.74, 6) is 0. The Labute approximate surface area is 329 Å². The smallest absolute Gasteiger partial charge is 0.207 e. The molecule has 0 bridgehead atoms. The van der Waals surface area contributed by atoms with Gasteiger partial charge in [0.1, 0.15) is 11.2 Å². The van der Waals surface area contributed by atoms with Gasteiger partial charge in [-0.25, -0.2) is 16.8 Å². The largest absolute Gasteiger partial charge is 0.456 e. The Balaban J connectivity index is 1.09. The summed E-state index contributed by atoms with van der Waals surface area (Å²) < 4.78 is 63.3. The summed E-state index contributed by atoms with van der Waals surface area (Å²) in [6, 6.07) is 47.1. The standard InChI is InChI=1S/C50H32O5S2/c1-50(2)38-14-4-6-16-43(38)57(53,54)45-25-30(20-22-39(45)50)29-19-21-35-40(24-29)55-41-27-37-34-12-7-10-28-11-8-13-36(46(28)34)48(37)47(49(35)41)33-18-17-32-23-31-9-3-5-15-42(31)56(51,52)44(32)26-33/h3-22,24-27H,23H2,1-2H3. The Morgan fingerprint density at radius 2 is 1.12 bits per heavy atom. The minimum Gasteiger partial charge on any atom is -0.456 e. The summed E-state index contributed by atoms with van der Waals surface area (Å²) in [5.41, 5.74) is 11.7. The zero-order chi connectivity index (χ0) is 38.6. The lowest BCUT2D eigenvalue weighted by Crippen LogP contribution is -2.29. The first kappa shape index (κ1) is 32.9. The molecule has 1 aliphatic carbocycles. The first-order chi connectivity index (χ1) is 27.5. The summed E-state index contributed by atoms with van der Waals surface area (Å²) in [5, 5.41) is 4.10. The summed E-state index contributed by atoms with van der Waals surface area (Å²) in [6.45, 7) is 4.15. The van der Waals surface area contributed by atoms with E-state index in [1.807, 2.05) is 66.7 Å². The summed E-state index contributed by atoms with van der Waals surface area (Å²) in [4.78, 5) is 1.37. The molecule has 274 valence electrons. The van der Waals surface area contributed by atoms with Crippen LogP contribution in [-0.4, -0.2) is 16.8 Å². The van der Waals surface area contributed by atoms with Gasteiger partial charge in [-0.15, -0.1) is 0 Å². The first-order valence-electron chi connectivity index (χ1n) is 19.0. The van der Waals surface area contributed by atoms with Crippen molar-refractivity contribution in [3.8, 4) is 44.5 Å². The lowest BCUT2D eigenvalue weighted by molar-refractivity contribution is 0.555. The molecule has 57 heavy (non-hydrogen) atoms. The minimum absolute atomic E-state index is 0.324. The maximum atomic E-state index is 14.2. The van der Waals surface area contributed by atoms with Gasteiger partial charge in [0.05, 0.1) is 19.6 Å². The van der Waals surface area contributed by atoms with E-state index < -0.39 is 25.1 Å². The van der Waals surface area contributed by atoms with Gasteiger partial charge in [-0.2, -0.15) is 0 Å². The molecule has 5 nitrogen and oxygen atoms in total. The van der Waals surface area contributed by atoms with Crippen LogP contribution in [-0.2, 0) is 31.5 Å². The molecule has 0 radical (unpaired) electrons. The predicted octanol–water partition coefficient (Wildman–Crippen LogP) is 11.9. The van der Waals surface area contributed by atoms with Crippen LogP contribution in [0.4, 0.5) is 0 Å². The molecule has 7 heteroatoms. The van der Waals surface area contributed by atoms with Crippen molar-refractivity contribution in [1.82, 2.24) is 0 Å². The van der Waals surface area contributed by atoms with Gasteiger partial charge in [-0.1, -0.05) is 117 Å². The molecule has 0 spiro atoms. The highest BCUT2D eigenvalue weighted by atomic mass is 32.2. The molecule has 0 unspecified atom stereocenters. The Morgan fingerprint density at radius 1 is 0.474 bits per heavy atom. The van der Waals surface area contributed by atoms with Gasteiger partial charge >= 0.3 is 0 Å². The molecule has 0 saturated carbocycles. The highest BCUT2D eigenvalue weighted by Gasteiger charge is 2.40. The number of rotatable bonds is 2. The van der Waals surface area contributed by atoms with Gasteiger partial charge in [-0.05, 0) is 114 Å². The van der Waals surface area contributed by atoms with Crippen LogP contribution in [0.1, 0.15) is 36.1 Å². The van der Waals surface area contributed by atoms with Crippen molar-refractivity contribution >= 4 is 52.4 Å². The molecule has 0 N–H and O–H groups in total. The second kappa shape index (κ2) is 11.0. The quantitative estimate of drug-likeness (QED) is 0.175. The molecule has 0 atom stereocenters.